The third-order valence-electron chi connectivity index (χ3n) is 4.30. The number of carboxylic acid groups (broad SMARTS) is 1. The van der Waals surface area contributed by atoms with Gasteiger partial charge in [0.15, 0.2) is 0 Å². The van der Waals surface area contributed by atoms with E-state index in [4.69, 9.17) is 0 Å². The predicted octanol–water partition coefficient (Wildman–Crippen LogP) is 1.26. The second-order valence-electron chi connectivity index (χ2n) is 5.73. The van der Waals surface area contributed by atoms with Gasteiger partial charge < -0.3 is 10.4 Å². The van der Waals surface area contributed by atoms with E-state index in [1.807, 2.05) is 0 Å². The van der Waals surface area contributed by atoms with Crippen molar-refractivity contribution in [1.82, 2.24) is 19.6 Å². The zero-order valence-electron chi connectivity index (χ0n) is 13.8. The molecule has 0 bridgehead atoms. The molecule has 8 nitrogen and oxygen atoms in total. The third-order valence-corrected chi connectivity index (χ3v) is 7.96. The van der Waals surface area contributed by atoms with Gasteiger partial charge in [-0.15, -0.1) is 11.3 Å². The molecule has 0 aliphatic carbocycles. The molecule has 1 unspecified atom stereocenters. The summed E-state index contributed by atoms with van der Waals surface area (Å²) in [4.78, 5) is 20.4. The van der Waals surface area contributed by atoms with Crippen LogP contribution >= 0.6 is 11.3 Å². The van der Waals surface area contributed by atoms with E-state index in [0.717, 1.165) is 20.5 Å². The molecular weight excluding hydrogens is 364 g/mol. The maximum Gasteiger partial charge on any atom is 0.338 e. The van der Waals surface area contributed by atoms with Crippen molar-refractivity contribution in [3.63, 3.8) is 0 Å². The molecule has 0 amide bonds. The van der Waals surface area contributed by atoms with Crippen molar-refractivity contribution in [2.45, 2.75) is 30.1 Å². The molecule has 3 rings (SSSR count). The second kappa shape index (κ2) is 6.79. The standard InChI is InChI=1S/C15H18N4O4S2/c1-9(11-4-6-17-8-18-11)19(2)25(22,23)15-13(14(20)21)10-3-5-16-7-12(10)24-15/h4,6,8-9,16H,3,5,7H2,1-2H3,(H,20,21). The lowest BCUT2D eigenvalue weighted by Gasteiger charge is -2.23. The summed E-state index contributed by atoms with van der Waals surface area (Å²) in [6.07, 6.45) is 3.40. The summed E-state index contributed by atoms with van der Waals surface area (Å²) < 4.78 is 27.2. The van der Waals surface area contributed by atoms with E-state index < -0.39 is 22.0 Å². The van der Waals surface area contributed by atoms with Crippen LogP contribution in [0.3, 0.4) is 0 Å². The van der Waals surface area contributed by atoms with Crippen LogP contribution < -0.4 is 5.32 Å². The molecule has 1 atom stereocenters. The average molecular weight is 382 g/mol. The van der Waals surface area contributed by atoms with Crippen LogP contribution in [0.25, 0.3) is 0 Å². The third kappa shape index (κ3) is 3.17. The Morgan fingerprint density at radius 1 is 1.48 bits per heavy atom. The number of carbonyl (C=O) groups is 1. The maximum absolute atomic E-state index is 13.1. The molecule has 1 aliphatic heterocycles. The fourth-order valence-corrected chi connectivity index (χ4v) is 6.15. The number of nitrogens with zero attached hydrogens (tertiary/aromatic N) is 3. The first kappa shape index (κ1) is 17.9. The number of rotatable bonds is 5. The minimum absolute atomic E-state index is 0.0942. The molecule has 1 aliphatic rings. The van der Waals surface area contributed by atoms with Crippen molar-refractivity contribution in [1.29, 1.82) is 0 Å². The SMILES string of the molecule is CC(c1ccncn1)N(C)S(=O)(=O)c1sc2c(c1C(=O)O)CCNC2. The second-order valence-corrected chi connectivity index (χ2v) is 9.03. The number of thiophene rings is 1. The molecule has 0 saturated carbocycles. The monoisotopic (exact) mass is 382 g/mol. The zero-order chi connectivity index (χ0) is 18.2. The number of fused-ring (bicyclic) bond motifs is 1. The number of hydrogen-bond donors (Lipinski definition) is 2. The van der Waals surface area contributed by atoms with E-state index >= 15 is 0 Å². The predicted molar refractivity (Wildman–Crippen MR) is 92.1 cm³/mol. The van der Waals surface area contributed by atoms with Crippen LogP contribution in [0.15, 0.2) is 22.8 Å². The van der Waals surface area contributed by atoms with Crippen molar-refractivity contribution < 1.29 is 18.3 Å². The van der Waals surface area contributed by atoms with E-state index in [1.54, 1.807) is 13.0 Å². The number of sulfonamides is 1. The van der Waals surface area contributed by atoms with E-state index in [9.17, 15) is 18.3 Å². The van der Waals surface area contributed by atoms with Gasteiger partial charge in [0, 0.05) is 24.7 Å². The summed E-state index contributed by atoms with van der Waals surface area (Å²) in [5, 5.41) is 12.7. The summed E-state index contributed by atoms with van der Waals surface area (Å²) >= 11 is 1.03. The van der Waals surface area contributed by atoms with E-state index in [2.05, 4.69) is 15.3 Å². The summed E-state index contributed by atoms with van der Waals surface area (Å²) in [5.41, 5.74) is 1.07. The highest BCUT2D eigenvalue weighted by Gasteiger charge is 2.36. The first-order chi connectivity index (χ1) is 11.8. The van der Waals surface area contributed by atoms with E-state index in [1.165, 1.54) is 19.6 Å². The van der Waals surface area contributed by atoms with Gasteiger partial charge in [-0.1, -0.05) is 0 Å². The van der Waals surface area contributed by atoms with Crippen LogP contribution in [0.1, 0.15) is 39.5 Å². The molecule has 10 heteroatoms. The fourth-order valence-electron chi connectivity index (χ4n) is 2.78. The molecular formula is C15H18N4O4S2. The van der Waals surface area contributed by atoms with Gasteiger partial charge in [-0.25, -0.2) is 23.2 Å². The van der Waals surface area contributed by atoms with Gasteiger partial charge in [0.2, 0.25) is 0 Å². The van der Waals surface area contributed by atoms with Gasteiger partial charge in [0.1, 0.15) is 10.5 Å². The van der Waals surface area contributed by atoms with Gasteiger partial charge in [0.05, 0.1) is 17.3 Å². The van der Waals surface area contributed by atoms with Crippen LogP contribution in [-0.2, 0) is 23.0 Å². The fraction of sp³-hybridized carbons (Fsp3) is 0.400. The Morgan fingerprint density at radius 3 is 2.88 bits per heavy atom. The van der Waals surface area contributed by atoms with Crippen molar-refractivity contribution in [3.05, 3.63) is 40.3 Å². The quantitative estimate of drug-likeness (QED) is 0.800. The van der Waals surface area contributed by atoms with Gasteiger partial charge in [-0.2, -0.15) is 4.31 Å². The van der Waals surface area contributed by atoms with Crippen molar-refractivity contribution >= 4 is 27.3 Å². The number of nitrogens with one attached hydrogen (secondary N) is 1. The van der Waals surface area contributed by atoms with Gasteiger partial charge in [-0.05, 0) is 31.5 Å². The zero-order valence-corrected chi connectivity index (χ0v) is 15.4. The Balaban J connectivity index is 2.05. The molecule has 0 fully saturated rings. The molecule has 0 radical (unpaired) electrons. The lowest BCUT2D eigenvalue weighted by molar-refractivity contribution is 0.0692. The number of aromatic nitrogens is 2. The Bertz CT molecular complexity index is 896. The summed E-state index contributed by atoms with van der Waals surface area (Å²) in [5.74, 6) is -1.21. The number of aromatic carboxylic acids is 1. The lowest BCUT2D eigenvalue weighted by Crippen LogP contribution is -2.31. The minimum Gasteiger partial charge on any atom is -0.478 e. The summed E-state index contributed by atoms with van der Waals surface area (Å²) in [6.45, 7) is 2.83. The molecule has 0 aromatic carbocycles. The van der Waals surface area contributed by atoms with Crippen LogP contribution in [-0.4, -0.2) is 47.4 Å². The van der Waals surface area contributed by atoms with Crippen LogP contribution in [0.5, 0.6) is 0 Å². The van der Waals surface area contributed by atoms with Crippen molar-refractivity contribution in [3.8, 4) is 0 Å². The number of hydrogen-bond acceptors (Lipinski definition) is 7. The summed E-state index contributed by atoms with van der Waals surface area (Å²) in [6, 6.07) is 1.09. The van der Waals surface area contributed by atoms with E-state index in [-0.39, 0.29) is 9.77 Å². The van der Waals surface area contributed by atoms with Gasteiger partial charge in [-0.3, -0.25) is 0 Å². The molecule has 0 spiro atoms. The molecule has 2 aromatic heterocycles. The molecule has 0 saturated heterocycles. The highest BCUT2D eigenvalue weighted by molar-refractivity contribution is 7.91. The van der Waals surface area contributed by atoms with E-state index in [0.29, 0.717) is 30.8 Å². The van der Waals surface area contributed by atoms with Crippen LogP contribution in [0.2, 0.25) is 0 Å². The first-order valence-electron chi connectivity index (χ1n) is 7.66. The smallest absolute Gasteiger partial charge is 0.338 e. The average Bonchev–Trinajstić information content (AvgIpc) is 3.01. The highest BCUT2D eigenvalue weighted by Crippen LogP contribution is 2.37. The van der Waals surface area contributed by atoms with Crippen LogP contribution in [0, 0.1) is 0 Å². The number of carboxylic acids is 1. The normalized spacial score (nSPS) is 15.8. The highest BCUT2D eigenvalue weighted by atomic mass is 32.2. The molecule has 25 heavy (non-hydrogen) atoms. The van der Waals surface area contributed by atoms with Gasteiger partial charge in [0.25, 0.3) is 10.0 Å². The Morgan fingerprint density at radius 2 is 2.24 bits per heavy atom. The van der Waals surface area contributed by atoms with Crippen molar-refractivity contribution in [2.24, 2.45) is 0 Å². The molecule has 3 heterocycles. The Kier molecular flexibility index (Phi) is 4.87. The minimum atomic E-state index is -3.97. The molecule has 134 valence electrons. The lowest BCUT2D eigenvalue weighted by atomic mass is 10.1. The van der Waals surface area contributed by atoms with Crippen LogP contribution in [0.4, 0.5) is 0 Å². The Labute approximate surface area is 149 Å². The van der Waals surface area contributed by atoms with Crippen molar-refractivity contribution in [2.75, 3.05) is 13.6 Å². The maximum atomic E-state index is 13.1. The topological polar surface area (TPSA) is 112 Å². The summed E-state index contributed by atoms with van der Waals surface area (Å²) in [7, 11) is -2.54. The first-order valence-corrected chi connectivity index (χ1v) is 9.92. The molecule has 2 N–H and O–H groups in total. The molecule has 2 aromatic rings. The largest absolute Gasteiger partial charge is 0.478 e. The van der Waals surface area contributed by atoms with Gasteiger partial charge >= 0.3 is 5.97 Å². The Hall–Kier alpha value is -1.88.